The molecule has 0 N–H and O–H groups in total. The molecule has 2 aromatic rings. The van der Waals surface area contributed by atoms with Crippen molar-refractivity contribution in [2.45, 2.75) is 24.1 Å². The smallest absolute Gasteiger partial charge is 0.236 e. The molecule has 102 valence electrons. The van der Waals surface area contributed by atoms with Crippen molar-refractivity contribution in [1.29, 1.82) is 0 Å². The van der Waals surface area contributed by atoms with Crippen LogP contribution < -0.4 is 0 Å². The minimum absolute atomic E-state index is 0.0314. The van der Waals surface area contributed by atoms with Crippen LogP contribution in [0.4, 0.5) is 0 Å². The molecule has 2 aromatic carbocycles. The minimum Gasteiger partial charge on any atom is -0.321 e. The first-order chi connectivity index (χ1) is 9.75. The summed E-state index contributed by atoms with van der Waals surface area (Å²) < 4.78 is 0. The lowest BCUT2D eigenvalue weighted by Gasteiger charge is -2.24. The quantitative estimate of drug-likeness (QED) is 0.853. The van der Waals surface area contributed by atoms with Gasteiger partial charge in [-0.2, -0.15) is 0 Å². The Hall–Kier alpha value is -1.74. The molecular weight excluding hydrogens is 266 g/mol. The van der Waals surface area contributed by atoms with Crippen LogP contribution in [0.3, 0.4) is 0 Å². The summed E-state index contributed by atoms with van der Waals surface area (Å²) in [5.41, 5.74) is 2.38. The van der Waals surface area contributed by atoms with E-state index in [0.717, 1.165) is 0 Å². The molecule has 1 aliphatic rings. The van der Waals surface area contributed by atoms with E-state index in [0.29, 0.717) is 6.54 Å². The van der Waals surface area contributed by atoms with Gasteiger partial charge in [-0.1, -0.05) is 60.7 Å². The Morgan fingerprint density at radius 1 is 1.00 bits per heavy atom. The zero-order valence-electron chi connectivity index (χ0n) is 11.4. The van der Waals surface area contributed by atoms with Crippen LogP contribution in [0.15, 0.2) is 60.7 Å². The van der Waals surface area contributed by atoms with Gasteiger partial charge in [0.15, 0.2) is 0 Å². The zero-order valence-corrected chi connectivity index (χ0v) is 12.2. The molecule has 0 saturated carbocycles. The van der Waals surface area contributed by atoms with E-state index in [1.54, 1.807) is 11.8 Å². The van der Waals surface area contributed by atoms with Crippen molar-refractivity contribution in [3.63, 3.8) is 0 Å². The van der Waals surface area contributed by atoms with Crippen molar-refractivity contribution < 1.29 is 4.79 Å². The molecule has 0 unspecified atom stereocenters. The summed E-state index contributed by atoms with van der Waals surface area (Å²) in [5.74, 6) is 0.229. The average Bonchev–Trinajstić information content (AvgIpc) is 2.78. The number of benzene rings is 2. The standard InChI is InChI=1S/C17H17NOS/c1-13-16(19)18(12-14-8-4-2-5-9-14)17(20-13)15-10-6-3-7-11-15/h2-11,13,17H,12H2,1H3/t13-,17-/m0/s1. The zero-order chi connectivity index (χ0) is 13.9. The molecular formula is C17H17NOS. The first-order valence-corrected chi connectivity index (χ1v) is 7.75. The second-order valence-electron chi connectivity index (χ2n) is 4.99. The summed E-state index contributed by atoms with van der Waals surface area (Å²) in [4.78, 5) is 14.4. The summed E-state index contributed by atoms with van der Waals surface area (Å²) in [6.07, 6.45) is 0. The van der Waals surface area contributed by atoms with Gasteiger partial charge in [-0.15, -0.1) is 11.8 Å². The van der Waals surface area contributed by atoms with Gasteiger partial charge in [0, 0.05) is 6.54 Å². The predicted molar refractivity (Wildman–Crippen MR) is 83.2 cm³/mol. The molecule has 1 amide bonds. The number of carbonyl (C=O) groups is 1. The number of nitrogens with zero attached hydrogens (tertiary/aromatic N) is 1. The van der Waals surface area contributed by atoms with Gasteiger partial charge in [-0.05, 0) is 18.1 Å². The van der Waals surface area contributed by atoms with Gasteiger partial charge in [0.1, 0.15) is 5.37 Å². The lowest BCUT2D eigenvalue weighted by Crippen LogP contribution is -2.29. The lowest BCUT2D eigenvalue weighted by molar-refractivity contribution is -0.130. The van der Waals surface area contributed by atoms with Gasteiger partial charge in [0.25, 0.3) is 0 Å². The highest BCUT2D eigenvalue weighted by molar-refractivity contribution is 8.01. The van der Waals surface area contributed by atoms with Crippen LogP contribution in [0.2, 0.25) is 0 Å². The van der Waals surface area contributed by atoms with Crippen molar-refractivity contribution in [3.05, 3.63) is 71.8 Å². The normalized spacial score (nSPS) is 22.2. The van der Waals surface area contributed by atoms with Crippen molar-refractivity contribution in [2.75, 3.05) is 0 Å². The van der Waals surface area contributed by atoms with E-state index in [4.69, 9.17) is 0 Å². The van der Waals surface area contributed by atoms with Gasteiger partial charge >= 0.3 is 0 Å². The molecule has 3 rings (SSSR count). The lowest BCUT2D eigenvalue weighted by atomic mass is 10.1. The third kappa shape index (κ3) is 2.59. The molecule has 2 nitrogen and oxygen atoms in total. The molecule has 2 atom stereocenters. The van der Waals surface area contributed by atoms with Crippen LogP contribution in [-0.2, 0) is 11.3 Å². The fraction of sp³-hybridized carbons (Fsp3) is 0.235. The number of rotatable bonds is 3. The topological polar surface area (TPSA) is 20.3 Å². The summed E-state index contributed by atoms with van der Waals surface area (Å²) >= 11 is 1.73. The SMILES string of the molecule is C[C@@H]1S[C@@H](c2ccccc2)N(Cc2ccccc2)C1=O. The fourth-order valence-electron chi connectivity index (χ4n) is 2.49. The molecule has 3 heteroatoms. The molecule has 0 aromatic heterocycles. The van der Waals surface area contributed by atoms with Gasteiger partial charge in [-0.25, -0.2) is 0 Å². The second-order valence-corrected chi connectivity index (χ2v) is 6.42. The average molecular weight is 283 g/mol. The number of hydrogen-bond donors (Lipinski definition) is 0. The molecule has 1 aliphatic heterocycles. The maximum absolute atomic E-state index is 12.4. The second kappa shape index (κ2) is 5.71. The molecule has 0 aliphatic carbocycles. The van der Waals surface area contributed by atoms with Crippen molar-refractivity contribution in [1.82, 2.24) is 4.90 Å². The van der Waals surface area contributed by atoms with Gasteiger partial charge in [0.2, 0.25) is 5.91 Å². The fourth-order valence-corrected chi connectivity index (χ4v) is 3.77. The first kappa shape index (κ1) is 13.3. The third-order valence-electron chi connectivity index (χ3n) is 3.53. The molecule has 0 bridgehead atoms. The van der Waals surface area contributed by atoms with Crippen LogP contribution in [0, 0.1) is 0 Å². The molecule has 0 radical (unpaired) electrons. The van der Waals surface area contributed by atoms with Crippen LogP contribution in [0.5, 0.6) is 0 Å². The Balaban J connectivity index is 1.87. The maximum Gasteiger partial charge on any atom is 0.236 e. The van der Waals surface area contributed by atoms with E-state index in [1.165, 1.54) is 11.1 Å². The molecule has 0 spiro atoms. The van der Waals surface area contributed by atoms with Gasteiger partial charge in [0.05, 0.1) is 5.25 Å². The number of amides is 1. The van der Waals surface area contributed by atoms with Crippen LogP contribution in [-0.4, -0.2) is 16.1 Å². The van der Waals surface area contributed by atoms with E-state index in [9.17, 15) is 4.79 Å². The summed E-state index contributed by atoms with van der Waals surface area (Å²) in [7, 11) is 0. The van der Waals surface area contributed by atoms with Crippen molar-refractivity contribution >= 4 is 17.7 Å². The van der Waals surface area contributed by atoms with Crippen LogP contribution in [0.1, 0.15) is 23.4 Å². The maximum atomic E-state index is 12.4. The van der Waals surface area contributed by atoms with E-state index >= 15 is 0 Å². The Bertz CT molecular complexity index is 584. The highest BCUT2D eigenvalue weighted by Gasteiger charge is 2.38. The largest absolute Gasteiger partial charge is 0.321 e. The van der Waals surface area contributed by atoms with E-state index in [-0.39, 0.29) is 16.5 Å². The van der Waals surface area contributed by atoms with Gasteiger partial charge < -0.3 is 4.90 Å². The molecule has 20 heavy (non-hydrogen) atoms. The first-order valence-electron chi connectivity index (χ1n) is 6.80. The molecule has 1 saturated heterocycles. The molecule has 1 heterocycles. The summed E-state index contributed by atoms with van der Waals surface area (Å²) in [5, 5.41) is 0.155. The Kier molecular flexibility index (Phi) is 3.79. The highest BCUT2D eigenvalue weighted by atomic mass is 32.2. The van der Waals surface area contributed by atoms with Crippen LogP contribution >= 0.6 is 11.8 Å². The van der Waals surface area contributed by atoms with E-state index < -0.39 is 0 Å². The molecule has 1 fully saturated rings. The Labute approximate surface area is 123 Å². The third-order valence-corrected chi connectivity index (χ3v) is 4.92. The number of thioether (sulfide) groups is 1. The van der Waals surface area contributed by atoms with E-state index in [2.05, 4.69) is 24.3 Å². The summed E-state index contributed by atoms with van der Waals surface area (Å²) in [6, 6.07) is 20.5. The van der Waals surface area contributed by atoms with Gasteiger partial charge in [-0.3, -0.25) is 4.79 Å². The van der Waals surface area contributed by atoms with E-state index in [1.807, 2.05) is 48.2 Å². The highest BCUT2D eigenvalue weighted by Crippen LogP contribution is 2.43. The number of carbonyl (C=O) groups excluding carboxylic acids is 1. The Morgan fingerprint density at radius 2 is 1.60 bits per heavy atom. The predicted octanol–water partition coefficient (Wildman–Crippen LogP) is 3.85. The van der Waals surface area contributed by atoms with Crippen molar-refractivity contribution in [3.8, 4) is 0 Å². The minimum atomic E-state index is 0.0314. The van der Waals surface area contributed by atoms with Crippen LogP contribution in [0.25, 0.3) is 0 Å². The monoisotopic (exact) mass is 283 g/mol. The summed E-state index contributed by atoms with van der Waals surface area (Å²) in [6.45, 7) is 2.67. The van der Waals surface area contributed by atoms with Crippen molar-refractivity contribution in [2.24, 2.45) is 0 Å². The number of hydrogen-bond acceptors (Lipinski definition) is 2. The Morgan fingerprint density at radius 3 is 2.25 bits per heavy atom.